The fourth-order valence-corrected chi connectivity index (χ4v) is 3.76. The van der Waals surface area contributed by atoms with E-state index < -0.39 is 17.9 Å². The molecule has 2 atom stereocenters. The summed E-state index contributed by atoms with van der Waals surface area (Å²) in [6.07, 6.45) is 2.32. The van der Waals surface area contributed by atoms with E-state index in [1.807, 2.05) is 0 Å². The van der Waals surface area contributed by atoms with Crippen LogP contribution in [0.3, 0.4) is 0 Å². The van der Waals surface area contributed by atoms with Gasteiger partial charge in [-0.15, -0.1) is 0 Å². The predicted molar refractivity (Wildman–Crippen MR) is 93.9 cm³/mol. The topological polar surface area (TPSA) is 77.9 Å². The third kappa shape index (κ3) is 3.46. The molecule has 6 nitrogen and oxygen atoms in total. The maximum atomic E-state index is 12.8. The molecule has 2 fully saturated rings. The minimum Gasteiger partial charge on any atom is -0.480 e. The zero-order valence-corrected chi connectivity index (χ0v) is 15.0. The summed E-state index contributed by atoms with van der Waals surface area (Å²) in [7, 11) is 0. The van der Waals surface area contributed by atoms with Gasteiger partial charge in [0.25, 0.3) is 0 Å². The summed E-state index contributed by atoms with van der Waals surface area (Å²) in [6, 6.07) is 4.04. The number of likely N-dealkylation sites (tertiary alicyclic amines) is 1. The molecule has 0 spiro atoms. The molecule has 0 radical (unpaired) electrons. The van der Waals surface area contributed by atoms with Gasteiger partial charge in [-0.3, -0.25) is 9.59 Å². The van der Waals surface area contributed by atoms with Gasteiger partial charge in [0.1, 0.15) is 12.0 Å². The number of aliphatic carboxylic acids is 1. The van der Waals surface area contributed by atoms with Gasteiger partial charge in [-0.05, 0) is 43.9 Å². The number of carbonyl (C=O) groups is 3. The molecule has 0 aliphatic carbocycles. The van der Waals surface area contributed by atoms with Gasteiger partial charge in [0, 0.05) is 18.8 Å². The lowest BCUT2D eigenvalue weighted by Gasteiger charge is -2.34. The molecule has 1 aromatic carbocycles. The Morgan fingerprint density at radius 1 is 1.08 bits per heavy atom. The van der Waals surface area contributed by atoms with E-state index in [1.54, 1.807) is 18.2 Å². The quantitative estimate of drug-likeness (QED) is 0.812. The highest BCUT2D eigenvalue weighted by molar-refractivity contribution is 6.42. The van der Waals surface area contributed by atoms with Crippen LogP contribution < -0.4 is 4.90 Å². The van der Waals surface area contributed by atoms with Crippen LogP contribution in [0.2, 0.25) is 10.0 Å². The van der Waals surface area contributed by atoms with Crippen LogP contribution >= 0.6 is 23.2 Å². The summed E-state index contributed by atoms with van der Waals surface area (Å²) < 4.78 is 0. The molecule has 25 heavy (non-hydrogen) atoms. The number of amides is 2. The van der Waals surface area contributed by atoms with Gasteiger partial charge in [0.05, 0.1) is 10.0 Å². The lowest BCUT2D eigenvalue weighted by Crippen LogP contribution is -2.51. The van der Waals surface area contributed by atoms with Crippen LogP contribution in [0.15, 0.2) is 18.2 Å². The van der Waals surface area contributed by atoms with Crippen molar-refractivity contribution in [3.8, 4) is 0 Å². The Kier molecular flexibility index (Phi) is 5.20. The second-order valence-electron chi connectivity index (χ2n) is 6.31. The van der Waals surface area contributed by atoms with E-state index in [4.69, 9.17) is 23.2 Å². The maximum absolute atomic E-state index is 12.8. The van der Waals surface area contributed by atoms with Crippen molar-refractivity contribution in [2.75, 3.05) is 18.0 Å². The van der Waals surface area contributed by atoms with Gasteiger partial charge in [-0.25, -0.2) is 4.79 Å². The molecular weight excluding hydrogens is 367 g/mol. The SMILES string of the molecule is O=C(O)C1CCCCN1C(=O)C1CCN(c2ccc(Cl)c(Cl)c2)C1=O. The summed E-state index contributed by atoms with van der Waals surface area (Å²) in [4.78, 5) is 39.8. The number of carboxylic acid groups (broad SMARTS) is 1. The molecular formula is C17H18Cl2N2O4. The molecule has 2 unspecified atom stereocenters. The molecule has 2 saturated heterocycles. The van der Waals surface area contributed by atoms with Crippen molar-refractivity contribution in [1.82, 2.24) is 4.90 Å². The fraction of sp³-hybridized carbons (Fsp3) is 0.471. The van der Waals surface area contributed by atoms with Crippen LogP contribution in [-0.2, 0) is 14.4 Å². The summed E-state index contributed by atoms with van der Waals surface area (Å²) in [5.41, 5.74) is 0.586. The maximum Gasteiger partial charge on any atom is 0.326 e. The van der Waals surface area contributed by atoms with Gasteiger partial charge in [-0.2, -0.15) is 0 Å². The zero-order chi connectivity index (χ0) is 18.1. The summed E-state index contributed by atoms with van der Waals surface area (Å²) in [5, 5.41) is 10.1. The van der Waals surface area contributed by atoms with E-state index in [9.17, 15) is 19.5 Å². The van der Waals surface area contributed by atoms with Crippen LogP contribution in [0.5, 0.6) is 0 Å². The first-order chi connectivity index (χ1) is 11.9. The Labute approximate surface area is 155 Å². The number of benzene rings is 1. The normalized spacial score (nSPS) is 23.8. The number of carbonyl (C=O) groups excluding carboxylic acids is 2. The van der Waals surface area contributed by atoms with E-state index in [2.05, 4.69) is 0 Å². The van der Waals surface area contributed by atoms with Gasteiger partial charge >= 0.3 is 5.97 Å². The summed E-state index contributed by atoms with van der Waals surface area (Å²) in [6.45, 7) is 0.769. The Hall–Kier alpha value is -1.79. The number of rotatable bonds is 3. The molecule has 2 aliphatic rings. The first-order valence-electron chi connectivity index (χ1n) is 8.20. The van der Waals surface area contributed by atoms with Gasteiger partial charge < -0.3 is 14.9 Å². The minimum atomic E-state index is -1.01. The summed E-state index contributed by atoms with van der Waals surface area (Å²) in [5.74, 6) is -2.56. The number of nitrogens with zero attached hydrogens (tertiary/aromatic N) is 2. The van der Waals surface area contributed by atoms with Crippen molar-refractivity contribution in [2.24, 2.45) is 5.92 Å². The fourth-order valence-electron chi connectivity index (χ4n) is 3.47. The third-order valence-electron chi connectivity index (χ3n) is 4.79. The Balaban J connectivity index is 1.77. The Bertz CT molecular complexity index is 725. The predicted octanol–water partition coefficient (Wildman–Crippen LogP) is 2.81. The third-order valence-corrected chi connectivity index (χ3v) is 5.53. The molecule has 3 rings (SSSR count). The standard InChI is InChI=1S/C17H18Cl2N2O4/c18-12-5-4-10(9-13(12)19)20-8-6-11(15(20)22)16(23)21-7-2-1-3-14(21)17(24)25/h4-5,9,11,14H,1-3,6-8H2,(H,24,25). The van der Waals surface area contributed by atoms with E-state index in [-0.39, 0.29) is 11.8 Å². The molecule has 0 saturated carbocycles. The van der Waals surface area contributed by atoms with Gasteiger partial charge in [0.2, 0.25) is 11.8 Å². The number of halogens is 2. The average Bonchev–Trinajstić information content (AvgIpc) is 2.98. The molecule has 2 amide bonds. The van der Waals surface area contributed by atoms with E-state index in [1.165, 1.54) is 9.80 Å². The van der Waals surface area contributed by atoms with Crippen LogP contribution in [0, 0.1) is 5.92 Å². The second kappa shape index (κ2) is 7.22. The van der Waals surface area contributed by atoms with Crippen molar-refractivity contribution in [3.63, 3.8) is 0 Å². The van der Waals surface area contributed by atoms with Crippen molar-refractivity contribution >= 4 is 46.7 Å². The van der Waals surface area contributed by atoms with Crippen LogP contribution in [0.25, 0.3) is 0 Å². The monoisotopic (exact) mass is 384 g/mol. The number of carboxylic acids is 1. The second-order valence-corrected chi connectivity index (χ2v) is 7.13. The first-order valence-corrected chi connectivity index (χ1v) is 8.95. The lowest BCUT2D eigenvalue weighted by atomic mass is 9.98. The molecule has 0 aromatic heterocycles. The highest BCUT2D eigenvalue weighted by atomic mass is 35.5. The summed E-state index contributed by atoms with van der Waals surface area (Å²) >= 11 is 11.9. The molecule has 8 heteroatoms. The lowest BCUT2D eigenvalue weighted by molar-refractivity contribution is -0.155. The Morgan fingerprint density at radius 2 is 1.84 bits per heavy atom. The van der Waals surface area contributed by atoms with Crippen molar-refractivity contribution < 1.29 is 19.5 Å². The Morgan fingerprint density at radius 3 is 2.52 bits per heavy atom. The molecule has 2 heterocycles. The van der Waals surface area contributed by atoms with Crippen LogP contribution in [0.1, 0.15) is 25.7 Å². The largest absolute Gasteiger partial charge is 0.480 e. The van der Waals surface area contributed by atoms with Crippen molar-refractivity contribution in [3.05, 3.63) is 28.2 Å². The van der Waals surface area contributed by atoms with Crippen LogP contribution in [0.4, 0.5) is 5.69 Å². The van der Waals surface area contributed by atoms with Gasteiger partial charge in [-0.1, -0.05) is 23.2 Å². The highest BCUT2D eigenvalue weighted by Crippen LogP contribution is 2.32. The highest BCUT2D eigenvalue weighted by Gasteiger charge is 2.43. The zero-order valence-electron chi connectivity index (χ0n) is 13.5. The molecule has 2 aliphatic heterocycles. The number of anilines is 1. The number of hydrogen-bond acceptors (Lipinski definition) is 3. The molecule has 0 bridgehead atoms. The van der Waals surface area contributed by atoms with Crippen molar-refractivity contribution in [2.45, 2.75) is 31.7 Å². The van der Waals surface area contributed by atoms with E-state index >= 15 is 0 Å². The minimum absolute atomic E-state index is 0.321. The van der Waals surface area contributed by atoms with Crippen LogP contribution in [-0.4, -0.2) is 46.9 Å². The number of hydrogen-bond donors (Lipinski definition) is 1. The van der Waals surface area contributed by atoms with Gasteiger partial charge in [0.15, 0.2) is 0 Å². The molecule has 1 N–H and O–H groups in total. The average molecular weight is 385 g/mol. The van der Waals surface area contributed by atoms with E-state index in [0.717, 1.165) is 12.8 Å². The smallest absolute Gasteiger partial charge is 0.326 e. The number of piperidine rings is 1. The van der Waals surface area contributed by atoms with E-state index in [0.29, 0.717) is 41.7 Å². The molecule has 1 aromatic rings. The van der Waals surface area contributed by atoms with Crippen molar-refractivity contribution in [1.29, 1.82) is 0 Å². The molecule has 134 valence electrons. The first kappa shape index (κ1) is 18.0.